The largest absolute Gasteiger partial charge is 0.333 e. The van der Waals surface area contributed by atoms with Crippen LogP contribution in [-0.4, -0.2) is 33.6 Å². The van der Waals surface area contributed by atoms with Crippen molar-refractivity contribution < 1.29 is 0 Å². The third-order valence-electron chi connectivity index (χ3n) is 3.20. The molecule has 0 amide bonds. The lowest BCUT2D eigenvalue weighted by Crippen LogP contribution is -2.40. The molecular formula is C13H26N4. The number of hydrogen-bond acceptors (Lipinski definition) is 3. The molecule has 1 atom stereocenters. The molecule has 0 bridgehead atoms. The zero-order valence-electron chi connectivity index (χ0n) is 11.6. The highest BCUT2D eigenvalue weighted by atomic mass is 15.2. The fraction of sp³-hybridized carbons (Fsp3) is 0.769. The highest BCUT2D eigenvalue weighted by molar-refractivity contribution is 5.07. The molecule has 0 spiro atoms. The van der Waals surface area contributed by atoms with Gasteiger partial charge in [-0.05, 0) is 33.7 Å². The smallest absolute Gasteiger partial charge is 0.0948 e. The van der Waals surface area contributed by atoms with E-state index in [0.29, 0.717) is 12.6 Å². The number of aromatic nitrogens is 2. The highest BCUT2D eigenvalue weighted by Gasteiger charge is 2.23. The van der Waals surface area contributed by atoms with Crippen LogP contribution >= 0.6 is 0 Å². The molecule has 0 aliphatic rings. The molecule has 0 radical (unpaired) electrons. The van der Waals surface area contributed by atoms with E-state index in [0.717, 1.165) is 19.5 Å². The van der Waals surface area contributed by atoms with Crippen molar-refractivity contribution in [3.63, 3.8) is 0 Å². The van der Waals surface area contributed by atoms with Gasteiger partial charge in [0.15, 0.2) is 0 Å². The maximum Gasteiger partial charge on any atom is 0.0948 e. The van der Waals surface area contributed by atoms with Gasteiger partial charge in [0.25, 0.3) is 0 Å². The van der Waals surface area contributed by atoms with Crippen LogP contribution in [-0.2, 0) is 6.54 Å². The molecule has 0 aromatic carbocycles. The number of nitrogens with zero attached hydrogens (tertiary/aromatic N) is 3. The summed E-state index contributed by atoms with van der Waals surface area (Å²) in [5.74, 6) is 0. The number of nitrogens with two attached hydrogens (primary N) is 1. The summed E-state index contributed by atoms with van der Waals surface area (Å²) < 4.78 is 2.18. The van der Waals surface area contributed by atoms with Crippen molar-refractivity contribution in [2.75, 3.05) is 13.1 Å². The van der Waals surface area contributed by atoms with Crippen LogP contribution in [0.1, 0.15) is 45.9 Å². The first-order valence-corrected chi connectivity index (χ1v) is 6.61. The minimum absolute atomic E-state index is 0.275. The molecule has 4 nitrogen and oxygen atoms in total. The summed E-state index contributed by atoms with van der Waals surface area (Å²) in [6.07, 6.45) is 4.99. The topological polar surface area (TPSA) is 47.1 Å². The number of imidazole rings is 1. The first-order valence-electron chi connectivity index (χ1n) is 6.61. The lowest BCUT2D eigenvalue weighted by atomic mass is 10.1. The van der Waals surface area contributed by atoms with Crippen molar-refractivity contribution in [2.45, 2.75) is 52.7 Å². The molecule has 1 aromatic rings. The van der Waals surface area contributed by atoms with Crippen molar-refractivity contribution in [3.8, 4) is 0 Å². The molecule has 2 N–H and O–H groups in total. The maximum absolute atomic E-state index is 5.97. The van der Waals surface area contributed by atoms with Crippen LogP contribution < -0.4 is 5.73 Å². The Kier molecular flexibility index (Phi) is 5.65. The van der Waals surface area contributed by atoms with Gasteiger partial charge >= 0.3 is 0 Å². The molecular weight excluding hydrogens is 212 g/mol. The van der Waals surface area contributed by atoms with Gasteiger partial charge in [0.05, 0.1) is 18.1 Å². The normalized spacial score (nSPS) is 13.6. The first-order chi connectivity index (χ1) is 8.15. The molecule has 1 aromatic heterocycles. The summed E-state index contributed by atoms with van der Waals surface area (Å²) in [4.78, 5) is 6.71. The molecule has 0 fully saturated rings. The monoisotopic (exact) mass is 238 g/mol. The zero-order valence-corrected chi connectivity index (χ0v) is 11.6. The summed E-state index contributed by atoms with van der Waals surface area (Å²) in [6, 6.07) is 0.779. The van der Waals surface area contributed by atoms with Gasteiger partial charge in [-0.3, -0.25) is 4.90 Å². The van der Waals surface area contributed by atoms with Crippen LogP contribution in [0.25, 0.3) is 0 Å². The molecule has 1 unspecified atom stereocenters. The first kappa shape index (κ1) is 14.2. The summed E-state index contributed by atoms with van der Waals surface area (Å²) in [5.41, 5.74) is 7.21. The average molecular weight is 238 g/mol. The molecule has 0 aliphatic heterocycles. The number of rotatable bonds is 7. The summed E-state index contributed by atoms with van der Waals surface area (Å²) in [7, 11) is 0. The minimum Gasteiger partial charge on any atom is -0.333 e. The van der Waals surface area contributed by atoms with E-state index in [9.17, 15) is 0 Å². The SMILES string of the molecule is CCCN(C(C)C)C(CN)c1cncn1CC. The Balaban J connectivity index is 2.95. The van der Waals surface area contributed by atoms with Crippen LogP contribution in [0.15, 0.2) is 12.5 Å². The van der Waals surface area contributed by atoms with E-state index in [-0.39, 0.29) is 6.04 Å². The van der Waals surface area contributed by atoms with Crippen molar-refractivity contribution in [1.82, 2.24) is 14.5 Å². The van der Waals surface area contributed by atoms with Crippen molar-refractivity contribution in [2.24, 2.45) is 5.73 Å². The molecule has 1 heterocycles. The highest BCUT2D eigenvalue weighted by Crippen LogP contribution is 2.22. The van der Waals surface area contributed by atoms with Gasteiger partial charge < -0.3 is 10.3 Å². The van der Waals surface area contributed by atoms with Crippen LogP contribution in [0.2, 0.25) is 0 Å². The van der Waals surface area contributed by atoms with E-state index in [1.807, 2.05) is 12.5 Å². The van der Waals surface area contributed by atoms with E-state index in [1.165, 1.54) is 5.69 Å². The fourth-order valence-corrected chi connectivity index (χ4v) is 2.33. The van der Waals surface area contributed by atoms with Gasteiger partial charge in [0, 0.05) is 25.3 Å². The standard InChI is InChI=1S/C13H26N4/c1-5-7-17(11(3)4)12(8-14)13-9-15-10-16(13)6-2/h9-12H,5-8,14H2,1-4H3. The quantitative estimate of drug-likeness (QED) is 0.790. The number of aryl methyl sites for hydroxylation is 1. The lowest BCUT2D eigenvalue weighted by molar-refractivity contribution is 0.151. The maximum atomic E-state index is 5.97. The van der Waals surface area contributed by atoms with Gasteiger partial charge in [0.2, 0.25) is 0 Å². The number of hydrogen-bond donors (Lipinski definition) is 1. The second-order valence-corrected chi connectivity index (χ2v) is 4.69. The lowest BCUT2D eigenvalue weighted by Gasteiger charge is -2.34. The third-order valence-corrected chi connectivity index (χ3v) is 3.20. The minimum atomic E-state index is 0.275. The summed E-state index contributed by atoms with van der Waals surface area (Å²) in [5, 5.41) is 0. The molecule has 98 valence electrons. The van der Waals surface area contributed by atoms with Crippen LogP contribution in [0.3, 0.4) is 0 Å². The van der Waals surface area contributed by atoms with Gasteiger partial charge in [0.1, 0.15) is 0 Å². The van der Waals surface area contributed by atoms with Crippen LogP contribution in [0.4, 0.5) is 0 Å². The predicted molar refractivity (Wildman–Crippen MR) is 71.8 cm³/mol. The van der Waals surface area contributed by atoms with E-state index in [2.05, 4.69) is 42.1 Å². The molecule has 0 saturated carbocycles. The Morgan fingerprint density at radius 2 is 2.12 bits per heavy atom. The summed E-state index contributed by atoms with van der Waals surface area (Å²) in [6.45, 7) is 11.5. The Hall–Kier alpha value is -0.870. The third kappa shape index (κ3) is 3.30. The molecule has 0 saturated heterocycles. The van der Waals surface area contributed by atoms with Gasteiger partial charge in [-0.2, -0.15) is 0 Å². The molecule has 1 rings (SSSR count). The Morgan fingerprint density at radius 3 is 2.59 bits per heavy atom. The second-order valence-electron chi connectivity index (χ2n) is 4.69. The zero-order chi connectivity index (χ0) is 12.8. The Morgan fingerprint density at radius 1 is 1.41 bits per heavy atom. The van der Waals surface area contributed by atoms with Gasteiger partial charge in [-0.15, -0.1) is 0 Å². The Labute approximate surface area is 105 Å². The van der Waals surface area contributed by atoms with Gasteiger partial charge in [-0.25, -0.2) is 4.98 Å². The van der Waals surface area contributed by atoms with E-state index >= 15 is 0 Å². The fourth-order valence-electron chi connectivity index (χ4n) is 2.33. The van der Waals surface area contributed by atoms with Crippen molar-refractivity contribution in [1.29, 1.82) is 0 Å². The van der Waals surface area contributed by atoms with E-state index in [4.69, 9.17) is 5.73 Å². The van der Waals surface area contributed by atoms with Crippen molar-refractivity contribution >= 4 is 0 Å². The molecule has 17 heavy (non-hydrogen) atoms. The average Bonchev–Trinajstić information content (AvgIpc) is 2.77. The Bertz CT molecular complexity index is 319. The molecule has 4 heteroatoms. The van der Waals surface area contributed by atoms with E-state index in [1.54, 1.807) is 0 Å². The van der Waals surface area contributed by atoms with E-state index < -0.39 is 0 Å². The van der Waals surface area contributed by atoms with Crippen molar-refractivity contribution in [3.05, 3.63) is 18.2 Å². The van der Waals surface area contributed by atoms with Crippen LogP contribution in [0.5, 0.6) is 0 Å². The van der Waals surface area contributed by atoms with Gasteiger partial charge in [-0.1, -0.05) is 6.92 Å². The molecule has 0 aliphatic carbocycles. The predicted octanol–water partition coefficient (Wildman–Crippen LogP) is 2.02. The van der Waals surface area contributed by atoms with Crippen LogP contribution in [0, 0.1) is 0 Å². The summed E-state index contributed by atoms with van der Waals surface area (Å²) >= 11 is 0. The second kappa shape index (κ2) is 6.77.